The van der Waals surface area contributed by atoms with E-state index in [1.807, 2.05) is 42.5 Å². The topological polar surface area (TPSA) is 75.6 Å². The first-order valence-corrected chi connectivity index (χ1v) is 8.62. The highest BCUT2D eigenvalue weighted by atomic mass is 16.5. The lowest BCUT2D eigenvalue weighted by Gasteiger charge is -2.10. The minimum atomic E-state index is -1.10. The summed E-state index contributed by atoms with van der Waals surface area (Å²) in [6.07, 6.45) is 3.74. The average molecular weight is 373 g/mol. The van der Waals surface area contributed by atoms with Crippen molar-refractivity contribution >= 4 is 29.7 Å². The van der Waals surface area contributed by atoms with Crippen molar-refractivity contribution in [2.45, 2.75) is 0 Å². The van der Waals surface area contributed by atoms with Crippen molar-refractivity contribution < 1.29 is 19.4 Å². The number of rotatable bonds is 6. The van der Waals surface area contributed by atoms with E-state index in [-0.39, 0.29) is 17.2 Å². The first-order chi connectivity index (χ1) is 13.6. The molecule has 0 atom stereocenters. The molecule has 0 bridgehead atoms. The minimum absolute atomic E-state index is 0.0304. The molecule has 140 valence electrons. The maximum atomic E-state index is 12.4. The monoisotopic (exact) mass is 373 g/mol. The molecule has 0 saturated heterocycles. The number of hydrogen-bond donors (Lipinski definition) is 2. The fourth-order valence-corrected chi connectivity index (χ4v) is 2.68. The number of carbonyl (C=O) groups is 2. The van der Waals surface area contributed by atoms with E-state index in [0.29, 0.717) is 5.56 Å². The van der Waals surface area contributed by atoms with E-state index in [1.165, 1.54) is 6.07 Å². The first kappa shape index (κ1) is 18.9. The molecular formula is C23H19NO4. The normalized spacial score (nSPS) is 10.6. The van der Waals surface area contributed by atoms with Crippen molar-refractivity contribution in [1.29, 1.82) is 0 Å². The minimum Gasteiger partial charge on any atom is -0.497 e. The molecule has 0 radical (unpaired) electrons. The number of carboxylic acids is 1. The summed E-state index contributed by atoms with van der Waals surface area (Å²) < 4.78 is 5.21. The van der Waals surface area contributed by atoms with E-state index in [2.05, 4.69) is 5.32 Å². The molecule has 0 aliphatic heterocycles. The van der Waals surface area contributed by atoms with Crippen LogP contribution in [0.1, 0.15) is 31.8 Å². The van der Waals surface area contributed by atoms with Crippen LogP contribution in [0, 0.1) is 0 Å². The highest BCUT2D eigenvalue weighted by Crippen LogP contribution is 2.21. The molecule has 0 spiro atoms. The summed E-state index contributed by atoms with van der Waals surface area (Å²) in [7, 11) is 1.61. The van der Waals surface area contributed by atoms with E-state index in [4.69, 9.17) is 4.74 Å². The molecule has 3 aromatic carbocycles. The lowest BCUT2D eigenvalue weighted by molar-refractivity contribution is 0.0698. The van der Waals surface area contributed by atoms with Crippen LogP contribution in [0.4, 0.5) is 5.69 Å². The second-order valence-electron chi connectivity index (χ2n) is 6.04. The highest BCUT2D eigenvalue weighted by molar-refractivity contribution is 6.08. The number of nitrogens with one attached hydrogen (secondary N) is 1. The van der Waals surface area contributed by atoms with Gasteiger partial charge in [-0.05, 0) is 47.5 Å². The second kappa shape index (κ2) is 8.68. The molecule has 0 aliphatic rings. The highest BCUT2D eigenvalue weighted by Gasteiger charge is 2.14. The predicted octanol–water partition coefficient (Wildman–Crippen LogP) is 4.82. The van der Waals surface area contributed by atoms with E-state index >= 15 is 0 Å². The van der Waals surface area contributed by atoms with Gasteiger partial charge in [-0.1, -0.05) is 48.6 Å². The third-order valence-corrected chi connectivity index (χ3v) is 4.12. The Balaban J connectivity index is 1.87. The van der Waals surface area contributed by atoms with Crippen LogP contribution in [-0.2, 0) is 0 Å². The maximum Gasteiger partial charge on any atom is 0.337 e. The van der Waals surface area contributed by atoms with Gasteiger partial charge in [-0.2, -0.15) is 0 Å². The quantitative estimate of drug-likeness (QED) is 0.608. The van der Waals surface area contributed by atoms with Crippen molar-refractivity contribution in [3.8, 4) is 5.75 Å². The molecule has 2 N–H and O–H groups in total. The molecule has 1 amide bonds. The number of benzene rings is 3. The molecule has 5 heteroatoms. The van der Waals surface area contributed by atoms with Gasteiger partial charge in [-0.3, -0.25) is 4.79 Å². The molecule has 0 unspecified atom stereocenters. The summed E-state index contributed by atoms with van der Waals surface area (Å²) >= 11 is 0. The summed E-state index contributed by atoms with van der Waals surface area (Å²) in [5.74, 6) is -0.720. The molecule has 0 heterocycles. The third-order valence-electron chi connectivity index (χ3n) is 4.12. The van der Waals surface area contributed by atoms with Crippen LogP contribution in [0.2, 0.25) is 0 Å². The SMILES string of the molecule is COc1cccc(C=Cc2ccc(C(=O)O)c(NC(=O)c3ccccc3)c2)c1. The molecular weight excluding hydrogens is 354 g/mol. The van der Waals surface area contributed by atoms with Gasteiger partial charge in [-0.25, -0.2) is 4.79 Å². The molecule has 0 saturated carbocycles. The van der Waals surface area contributed by atoms with Crippen LogP contribution in [0.5, 0.6) is 5.75 Å². The fraction of sp³-hybridized carbons (Fsp3) is 0.0435. The molecule has 0 aliphatic carbocycles. The fourth-order valence-electron chi connectivity index (χ4n) is 2.68. The molecule has 0 fully saturated rings. The zero-order valence-corrected chi connectivity index (χ0v) is 15.3. The van der Waals surface area contributed by atoms with Crippen LogP contribution in [0.25, 0.3) is 12.2 Å². The van der Waals surface area contributed by atoms with E-state index in [9.17, 15) is 14.7 Å². The average Bonchev–Trinajstić information content (AvgIpc) is 2.73. The predicted molar refractivity (Wildman–Crippen MR) is 110 cm³/mol. The van der Waals surface area contributed by atoms with Gasteiger partial charge in [0.1, 0.15) is 5.75 Å². The van der Waals surface area contributed by atoms with Gasteiger partial charge in [0.2, 0.25) is 0 Å². The second-order valence-corrected chi connectivity index (χ2v) is 6.04. The number of aromatic carboxylic acids is 1. The molecule has 0 aromatic heterocycles. The summed E-state index contributed by atoms with van der Waals surface area (Å²) in [5, 5.41) is 12.1. The zero-order valence-electron chi connectivity index (χ0n) is 15.3. The summed E-state index contributed by atoms with van der Waals surface area (Å²) in [5.41, 5.74) is 2.43. The van der Waals surface area contributed by atoms with Crippen LogP contribution in [0.15, 0.2) is 72.8 Å². The Bertz CT molecular complexity index is 1030. The molecule has 28 heavy (non-hydrogen) atoms. The van der Waals surface area contributed by atoms with Crippen LogP contribution in [0.3, 0.4) is 0 Å². The summed E-state index contributed by atoms with van der Waals surface area (Å²) in [6, 6.07) is 21.0. The van der Waals surface area contributed by atoms with Gasteiger partial charge < -0.3 is 15.2 Å². The van der Waals surface area contributed by atoms with Gasteiger partial charge in [0.15, 0.2) is 0 Å². The Morgan fingerprint density at radius 1 is 0.893 bits per heavy atom. The summed E-state index contributed by atoms with van der Waals surface area (Å²) in [6.45, 7) is 0. The van der Waals surface area contributed by atoms with E-state index < -0.39 is 5.97 Å². The van der Waals surface area contributed by atoms with Crippen molar-refractivity contribution in [1.82, 2.24) is 0 Å². The van der Waals surface area contributed by atoms with Crippen LogP contribution < -0.4 is 10.1 Å². The lowest BCUT2D eigenvalue weighted by atomic mass is 10.1. The Hall–Kier alpha value is -3.86. The largest absolute Gasteiger partial charge is 0.497 e. The van der Waals surface area contributed by atoms with Crippen LogP contribution >= 0.6 is 0 Å². The van der Waals surface area contributed by atoms with E-state index in [1.54, 1.807) is 43.5 Å². The first-order valence-electron chi connectivity index (χ1n) is 8.62. The van der Waals surface area contributed by atoms with Gasteiger partial charge in [0.05, 0.1) is 18.4 Å². The number of ether oxygens (including phenoxy) is 1. The Labute approximate surface area is 162 Å². The molecule has 3 aromatic rings. The van der Waals surface area contributed by atoms with Crippen LogP contribution in [-0.4, -0.2) is 24.1 Å². The maximum absolute atomic E-state index is 12.4. The van der Waals surface area contributed by atoms with Crippen molar-refractivity contribution in [2.75, 3.05) is 12.4 Å². The Kier molecular flexibility index (Phi) is 5.87. The third kappa shape index (κ3) is 4.65. The van der Waals surface area contributed by atoms with Crippen molar-refractivity contribution in [3.05, 3.63) is 95.1 Å². The number of carboxylic acid groups (broad SMARTS) is 1. The van der Waals surface area contributed by atoms with Crippen molar-refractivity contribution in [2.24, 2.45) is 0 Å². The summed E-state index contributed by atoms with van der Waals surface area (Å²) in [4.78, 5) is 23.9. The number of amides is 1. The van der Waals surface area contributed by atoms with Gasteiger partial charge in [0, 0.05) is 5.56 Å². The Morgan fingerprint density at radius 2 is 1.61 bits per heavy atom. The standard InChI is InChI=1S/C23H19NO4/c1-28-19-9-5-6-16(14-19)10-11-17-12-13-20(23(26)27)21(15-17)24-22(25)18-7-3-2-4-8-18/h2-15H,1H3,(H,24,25)(H,26,27). The van der Waals surface area contributed by atoms with Crippen molar-refractivity contribution in [3.63, 3.8) is 0 Å². The lowest BCUT2D eigenvalue weighted by Crippen LogP contribution is -2.14. The van der Waals surface area contributed by atoms with Gasteiger partial charge in [-0.15, -0.1) is 0 Å². The number of methoxy groups -OCH3 is 1. The van der Waals surface area contributed by atoms with Gasteiger partial charge >= 0.3 is 5.97 Å². The number of carbonyl (C=O) groups excluding carboxylic acids is 1. The number of hydrogen-bond acceptors (Lipinski definition) is 3. The van der Waals surface area contributed by atoms with Gasteiger partial charge in [0.25, 0.3) is 5.91 Å². The zero-order chi connectivity index (χ0) is 19.9. The number of anilines is 1. The Morgan fingerprint density at radius 3 is 2.29 bits per heavy atom. The van der Waals surface area contributed by atoms with E-state index in [0.717, 1.165) is 16.9 Å². The smallest absolute Gasteiger partial charge is 0.337 e. The molecule has 5 nitrogen and oxygen atoms in total. The molecule has 3 rings (SSSR count).